The third-order valence-corrected chi connectivity index (χ3v) is 3.92. The lowest BCUT2D eigenvalue weighted by Gasteiger charge is -2.06. The summed E-state index contributed by atoms with van der Waals surface area (Å²) >= 11 is 0. The Hall–Kier alpha value is -1.63. The van der Waals surface area contributed by atoms with E-state index in [1.54, 1.807) is 12.1 Å². The Kier molecular flexibility index (Phi) is 1.99. The van der Waals surface area contributed by atoms with Gasteiger partial charge in [0.05, 0.1) is 0 Å². The quantitative estimate of drug-likeness (QED) is 0.707. The van der Waals surface area contributed by atoms with Crippen molar-refractivity contribution in [3.8, 4) is 11.1 Å². The zero-order chi connectivity index (χ0) is 15.2. The standard InChI is InChI=1S/C17H20N/c1-12-6-4-5-7-15(12)14-8-9-18(3)17(11-14)16-10-13(16)2/h4-9,11,13,16H,10H2,1-3H3/q+1/i1D3. The average molecular weight is 241 g/mol. The molecule has 1 aromatic heterocycles. The minimum absolute atomic E-state index is 0.425. The van der Waals surface area contributed by atoms with Crippen LogP contribution in [0.3, 0.4) is 0 Å². The van der Waals surface area contributed by atoms with Gasteiger partial charge >= 0.3 is 0 Å². The molecule has 92 valence electrons. The molecule has 1 aromatic carbocycles. The van der Waals surface area contributed by atoms with E-state index in [2.05, 4.69) is 24.6 Å². The Morgan fingerprint density at radius 2 is 2.06 bits per heavy atom. The summed E-state index contributed by atoms with van der Waals surface area (Å²) in [6, 6.07) is 11.4. The summed E-state index contributed by atoms with van der Waals surface area (Å²) < 4.78 is 25.3. The van der Waals surface area contributed by atoms with E-state index < -0.39 is 6.85 Å². The van der Waals surface area contributed by atoms with Crippen LogP contribution < -0.4 is 4.57 Å². The van der Waals surface area contributed by atoms with Crippen LogP contribution in [0.2, 0.25) is 0 Å². The summed E-state index contributed by atoms with van der Waals surface area (Å²) in [4.78, 5) is 0. The van der Waals surface area contributed by atoms with E-state index in [1.165, 1.54) is 12.1 Å². The van der Waals surface area contributed by atoms with Crippen LogP contribution in [0.1, 0.15) is 34.6 Å². The number of hydrogen-bond acceptors (Lipinski definition) is 0. The smallest absolute Gasteiger partial charge is 0.185 e. The van der Waals surface area contributed by atoms with Crippen LogP contribution in [0, 0.1) is 12.8 Å². The number of benzene rings is 1. The lowest BCUT2D eigenvalue weighted by atomic mass is 10.00. The molecule has 0 aliphatic heterocycles. The molecular formula is C17H20N+. The van der Waals surface area contributed by atoms with Gasteiger partial charge in [0.15, 0.2) is 11.9 Å². The largest absolute Gasteiger partial charge is 0.205 e. The Morgan fingerprint density at radius 3 is 2.78 bits per heavy atom. The fourth-order valence-corrected chi connectivity index (χ4v) is 2.59. The normalized spacial score (nSPS) is 25.1. The predicted molar refractivity (Wildman–Crippen MR) is 74.3 cm³/mol. The molecule has 2 unspecified atom stereocenters. The molecule has 1 saturated carbocycles. The highest BCUT2D eigenvalue weighted by atomic mass is 14.9. The maximum atomic E-state index is 7.72. The molecule has 1 aliphatic rings. The first-order valence-electron chi connectivity index (χ1n) is 7.97. The van der Waals surface area contributed by atoms with Crippen LogP contribution >= 0.6 is 0 Å². The van der Waals surface area contributed by atoms with E-state index in [0.29, 0.717) is 11.5 Å². The van der Waals surface area contributed by atoms with Crippen LogP contribution in [-0.4, -0.2) is 0 Å². The fraction of sp³-hybridized carbons (Fsp3) is 0.353. The summed E-state index contributed by atoms with van der Waals surface area (Å²) in [5, 5.41) is 0. The molecule has 0 amide bonds. The topological polar surface area (TPSA) is 3.88 Å². The molecule has 0 bridgehead atoms. The molecule has 1 fully saturated rings. The maximum absolute atomic E-state index is 7.72. The number of hydrogen-bond donors (Lipinski definition) is 0. The predicted octanol–water partition coefficient (Wildman–Crippen LogP) is 3.61. The van der Waals surface area contributed by atoms with Crippen molar-refractivity contribution in [2.24, 2.45) is 13.0 Å². The molecule has 1 heteroatoms. The Morgan fingerprint density at radius 1 is 1.28 bits per heavy atom. The summed E-state index contributed by atoms with van der Waals surface area (Å²) in [7, 11) is 2.06. The number of pyridine rings is 1. The molecule has 0 radical (unpaired) electrons. The van der Waals surface area contributed by atoms with Crippen molar-refractivity contribution < 1.29 is 8.68 Å². The van der Waals surface area contributed by atoms with Gasteiger partial charge in [-0.2, -0.15) is 0 Å². The van der Waals surface area contributed by atoms with Gasteiger partial charge in [0.2, 0.25) is 0 Å². The number of rotatable bonds is 2. The third kappa shape index (κ3) is 1.94. The monoisotopic (exact) mass is 241 g/mol. The van der Waals surface area contributed by atoms with Crippen LogP contribution in [0.25, 0.3) is 11.1 Å². The van der Waals surface area contributed by atoms with Gasteiger partial charge in [-0.1, -0.05) is 31.2 Å². The Bertz CT molecular complexity index is 676. The summed E-state index contributed by atoms with van der Waals surface area (Å²) in [6.45, 7) is 0.176. The molecular weight excluding hydrogens is 218 g/mol. The van der Waals surface area contributed by atoms with Crippen LogP contribution in [0.5, 0.6) is 0 Å². The number of aryl methyl sites for hydroxylation is 2. The highest BCUT2D eigenvalue weighted by Crippen LogP contribution is 2.46. The second-order valence-corrected chi connectivity index (χ2v) is 5.32. The lowest BCUT2D eigenvalue weighted by Crippen LogP contribution is -2.32. The summed E-state index contributed by atoms with van der Waals surface area (Å²) in [5.74, 6) is 1.33. The van der Waals surface area contributed by atoms with Crippen molar-refractivity contribution in [2.45, 2.75) is 26.1 Å². The number of nitrogens with zero attached hydrogens (tertiary/aromatic N) is 1. The zero-order valence-corrected chi connectivity index (χ0v) is 10.9. The maximum Gasteiger partial charge on any atom is 0.185 e. The van der Waals surface area contributed by atoms with Crippen molar-refractivity contribution >= 4 is 0 Å². The minimum atomic E-state index is -2.08. The number of aromatic nitrogens is 1. The van der Waals surface area contributed by atoms with Crippen molar-refractivity contribution in [1.82, 2.24) is 0 Å². The SMILES string of the molecule is [2H]C([2H])([2H])c1ccccc1-c1cc[n+](C)c(C2CC2C)c1. The molecule has 2 atom stereocenters. The van der Waals surface area contributed by atoms with Crippen molar-refractivity contribution in [1.29, 1.82) is 0 Å². The van der Waals surface area contributed by atoms with Crippen LogP contribution in [0.4, 0.5) is 0 Å². The third-order valence-electron chi connectivity index (χ3n) is 3.92. The molecule has 0 N–H and O–H groups in total. The minimum Gasteiger partial charge on any atom is -0.205 e. The van der Waals surface area contributed by atoms with Crippen molar-refractivity contribution in [2.75, 3.05) is 0 Å². The molecule has 0 saturated heterocycles. The van der Waals surface area contributed by atoms with Crippen molar-refractivity contribution in [3.05, 3.63) is 53.9 Å². The highest BCUT2D eigenvalue weighted by molar-refractivity contribution is 5.66. The van der Waals surface area contributed by atoms with E-state index in [-0.39, 0.29) is 0 Å². The van der Waals surface area contributed by atoms with Gasteiger partial charge in [-0.05, 0) is 35.9 Å². The van der Waals surface area contributed by atoms with Gasteiger partial charge in [0.25, 0.3) is 0 Å². The summed E-state index contributed by atoms with van der Waals surface area (Å²) in [5.41, 5.74) is 3.52. The van der Waals surface area contributed by atoms with E-state index in [0.717, 1.165) is 17.0 Å². The Labute approximate surface area is 113 Å². The highest BCUT2D eigenvalue weighted by Gasteiger charge is 2.39. The first kappa shape index (κ1) is 8.47. The second-order valence-electron chi connectivity index (χ2n) is 5.32. The first-order chi connectivity index (χ1) is 9.88. The van der Waals surface area contributed by atoms with E-state index in [9.17, 15) is 0 Å². The first-order valence-corrected chi connectivity index (χ1v) is 6.47. The lowest BCUT2D eigenvalue weighted by molar-refractivity contribution is -0.679. The molecule has 0 spiro atoms. The average Bonchev–Trinajstić information content (AvgIpc) is 3.15. The van der Waals surface area contributed by atoms with E-state index in [4.69, 9.17) is 4.11 Å². The zero-order valence-electron chi connectivity index (χ0n) is 13.9. The van der Waals surface area contributed by atoms with Crippen LogP contribution in [0.15, 0.2) is 42.6 Å². The van der Waals surface area contributed by atoms with Gasteiger partial charge < -0.3 is 0 Å². The molecule has 1 nitrogen and oxygen atoms in total. The van der Waals surface area contributed by atoms with Gasteiger partial charge in [0, 0.05) is 22.2 Å². The molecule has 18 heavy (non-hydrogen) atoms. The van der Waals surface area contributed by atoms with E-state index >= 15 is 0 Å². The second kappa shape index (κ2) is 4.24. The molecule has 1 heterocycles. The van der Waals surface area contributed by atoms with Crippen molar-refractivity contribution in [3.63, 3.8) is 0 Å². The van der Waals surface area contributed by atoms with Gasteiger partial charge in [-0.15, -0.1) is 0 Å². The molecule has 1 aliphatic carbocycles. The molecule has 2 aromatic rings. The molecule has 3 rings (SSSR count). The van der Waals surface area contributed by atoms with Crippen LogP contribution in [-0.2, 0) is 7.05 Å². The van der Waals surface area contributed by atoms with Gasteiger partial charge in [-0.3, -0.25) is 0 Å². The summed E-state index contributed by atoms with van der Waals surface area (Å²) in [6.07, 6.45) is 3.25. The van der Waals surface area contributed by atoms with E-state index in [1.807, 2.05) is 24.4 Å². The van der Waals surface area contributed by atoms with Gasteiger partial charge in [0.1, 0.15) is 7.05 Å². The fourth-order valence-electron chi connectivity index (χ4n) is 2.59. The Balaban J connectivity index is 2.10. The van der Waals surface area contributed by atoms with Gasteiger partial charge in [-0.25, -0.2) is 4.57 Å².